The highest BCUT2D eigenvalue weighted by Gasteiger charge is 2.49. The molecule has 0 bridgehead atoms. The van der Waals surface area contributed by atoms with Crippen LogP contribution in [0.1, 0.15) is 0 Å². The second-order valence-corrected chi connectivity index (χ2v) is 5.70. The van der Waals surface area contributed by atoms with Gasteiger partial charge in [0.25, 0.3) is 0 Å². The van der Waals surface area contributed by atoms with Crippen LogP contribution in [-0.4, -0.2) is 105 Å². The Bertz CT molecular complexity index is 386. The fourth-order valence-electron chi connectivity index (χ4n) is 2.65. The number of ether oxygens (including phenoxy) is 3. The summed E-state index contributed by atoms with van der Waals surface area (Å²) in [4.78, 5) is 0. The van der Waals surface area contributed by atoms with Gasteiger partial charge in [0.15, 0.2) is 12.6 Å². The second kappa shape index (κ2) is 7.63. The number of hydrogen-bond donors (Lipinski definition) is 8. The van der Waals surface area contributed by atoms with E-state index in [1.165, 1.54) is 0 Å². The summed E-state index contributed by atoms with van der Waals surface area (Å²) in [5, 5.41) is 57.7. The van der Waals surface area contributed by atoms with Crippen molar-refractivity contribution < 1.29 is 44.8 Å². The zero-order chi connectivity index (χ0) is 17.3. The standard InChI is InChI=1S/C12H24N2O9/c13-5-9(19)10(4(2-16)21-11(5)20)23-12-6(14)8(18)7(17)3(1-15)22-12/h3-12,15-20H,1-2,13-14H2/t3-,4-,5+,6-,7+,8-,9-,10-,11-,12+/m1/s1. The van der Waals surface area contributed by atoms with Crippen LogP contribution in [-0.2, 0) is 14.2 Å². The normalized spacial score (nSPS) is 51.7. The lowest BCUT2D eigenvalue weighted by Crippen LogP contribution is -2.67. The summed E-state index contributed by atoms with van der Waals surface area (Å²) in [6.07, 6.45) is -10.5. The monoisotopic (exact) mass is 340 g/mol. The molecule has 10 atom stereocenters. The minimum absolute atomic E-state index is 0.581. The van der Waals surface area contributed by atoms with Gasteiger partial charge in [-0.05, 0) is 0 Å². The molecular formula is C12H24N2O9. The molecule has 2 aliphatic heterocycles. The van der Waals surface area contributed by atoms with Crippen molar-refractivity contribution in [2.24, 2.45) is 11.5 Å². The third kappa shape index (κ3) is 3.65. The molecule has 10 N–H and O–H groups in total. The van der Waals surface area contributed by atoms with Crippen molar-refractivity contribution in [3.8, 4) is 0 Å². The van der Waals surface area contributed by atoms with Crippen molar-refractivity contribution in [2.75, 3.05) is 13.2 Å². The number of aliphatic hydroxyl groups is 6. The Labute approximate surface area is 132 Å². The summed E-state index contributed by atoms with van der Waals surface area (Å²) in [5.41, 5.74) is 11.3. The molecule has 0 aliphatic carbocycles. The molecule has 11 heteroatoms. The summed E-state index contributed by atoms with van der Waals surface area (Å²) >= 11 is 0. The molecule has 2 heterocycles. The van der Waals surface area contributed by atoms with Crippen LogP contribution in [0.2, 0.25) is 0 Å². The molecule has 136 valence electrons. The van der Waals surface area contributed by atoms with Gasteiger partial charge in [-0.1, -0.05) is 0 Å². The Morgan fingerprint density at radius 2 is 1.39 bits per heavy atom. The van der Waals surface area contributed by atoms with Gasteiger partial charge in [0.05, 0.1) is 25.3 Å². The topological polar surface area (TPSA) is 201 Å². The van der Waals surface area contributed by atoms with E-state index in [0.29, 0.717) is 0 Å². The molecule has 2 aliphatic rings. The van der Waals surface area contributed by atoms with Gasteiger partial charge in [0.1, 0.15) is 36.6 Å². The second-order valence-electron chi connectivity index (χ2n) is 5.70. The molecule has 11 nitrogen and oxygen atoms in total. The maximum atomic E-state index is 10.1. The first-order valence-corrected chi connectivity index (χ1v) is 7.23. The molecule has 0 unspecified atom stereocenters. The van der Waals surface area contributed by atoms with Crippen LogP contribution >= 0.6 is 0 Å². The molecule has 0 aromatic rings. The van der Waals surface area contributed by atoms with Crippen LogP contribution in [0.3, 0.4) is 0 Å². The summed E-state index contributed by atoms with van der Waals surface area (Å²) in [6.45, 7) is -1.17. The number of hydrogen-bond acceptors (Lipinski definition) is 11. The first-order chi connectivity index (χ1) is 10.8. The Balaban J connectivity index is 2.11. The quantitative estimate of drug-likeness (QED) is 0.242. The molecule has 0 aromatic heterocycles. The van der Waals surface area contributed by atoms with Crippen molar-refractivity contribution >= 4 is 0 Å². The van der Waals surface area contributed by atoms with Crippen molar-refractivity contribution in [1.29, 1.82) is 0 Å². The zero-order valence-corrected chi connectivity index (χ0v) is 12.3. The highest BCUT2D eigenvalue weighted by Crippen LogP contribution is 2.27. The first kappa shape index (κ1) is 18.9. The fourth-order valence-corrected chi connectivity index (χ4v) is 2.65. The van der Waals surface area contributed by atoms with E-state index >= 15 is 0 Å². The number of nitrogens with two attached hydrogens (primary N) is 2. The van der Waals surface area contributed by atoms with E-state index in [2.05, 4.69) is 0 Å². The molecule has 0 amide bonds. The lowest BCUT2D eigenvalue weighted by Gasteiger charge is -2.45. The van der Waals surface area contributed by atoms with Gasteiger partial charge in [-0.15, -0.1) is 0 Å². The predicted octanol–water partition coefficient (Wildman–Crippen LogP) is -5.46. The van der Waals surface area contributed by atoms with Gasteiger partial charge in [-0.25, -0.2) is 0 Å². The largest absolute Gasteiger partial charge is 0.394 e. The van der Waals surface area contributed by atoms with Crippen molar-refractivity contribution in [2.45, 2.75) is 61.3 Å². The predicted molar refractivity (Wildman–Crippen MR) is 72.6 cm³/mol. The van der Waals surface area contributed by atoms with E-state index in [-0.39, 0.29) is 0 Å². The Hall–Kier alpha value is -0.440. The van der Waals surface area contributed by atoms with Crippen molar-refractivity contribution in [3.05, 3.63) is 0 Å². The van der Waals surface area contributed by atoms with Gasteiger partial charge in [0, 0.05) is 0 Å². The highest BCUT2D eigenvalue weighted by molar-refractivity contribution is 4.95. The third-order valence-corrected chi connectivity index (χ3v) is 4.14. The molecule has 2 fully saturated rings. The summed E-state index contributed by atoms with van der Waals surface area (Å²) in [6, 6.07) is -2.37. The average molecular weight is 340 g/mol. The average Bonchev–Trinajstić information content (AvgIpc) is 2.55. The third-order valence-electron chi connectivity index (χ3n) is 4.14. The zero-order valence-electron chi connectivity index (χ0n) is 12.3. The highest BCUT2D eigenvalue weighted by atomic mass is 16.7. The van der Waals surface area contributed by atoms with E-state index in [0.717, 1.165) is 0 Å². The van der Waals surface area contributed by atoms with E-state index in [1.54, 1.807) is 0 Å². The molecule has 0 radical (unpaired) electrons. The summed E-state index contributed by atoms with van der Waals surface area (Å²) in [7, 11) is 0. The van der Waals surface area contributed by atoms with E-state index in [4.69, 9.17) is 30.8 Å². The van der Waals surface area contributed by atoms with Crippen LogP contribution in [0, 0.1) is 0 Å². The van der Waals surface area contributed by atoms with Crippen molar-refractivity contribution in [1.82, 2.24) is 0 Å². The molecule has 2 saturated heterocycles. The lowest BCUT2D eigenvalue weighted by atomic mass is 9.95. The van der Waals surface area contributed by atoms with Crippen LogP contribution in [0.25, 0.3) is 0 Å². The van der Waals surface area contributed by atoms with Crippen LogP contribution in [0.15, 0.2) is 0 Å². The first-order valence-electron chi connectivity index (χ1n) is 7.23. The van der Waals surface area contributed by atoms with E-state index in [9.17, 15) is 25.5 Å². The molecule has 2 rings (SSSR count). The van der Waals surface area contributed by atoms with Crippen molar-refractivity contribution in [3.63, 3.8) is 0 Å². The van der Waals surface area contributed by atoms with Gasteiger partial charge in [-0.2, -0.15) is 0 Å². The van der Waals surface area contributed by atoms with Crippen LogP contribution < -0.4 is 11.5 Å². The lowest BCUT2D eigenvalue weighted by molar-refractivity contribution is -0.324. The van der Waals surface area contributed by atoms with Crippen LogP contribution in [0.4, 0.5) is 0 Å². The van der Waals surface area contributed by atoms with E-state index < -0.39 is 74.5 Å². The Kier molecular flexibility index (Phi) is 6.27. The molecule has 0 saturated carbocycles. The van der Waals surface area contributed by atoms with Gasteiger partial charge < -0.3 is 56.3 Å². The smallest absolute Gasteiger partial charge is 0.176 e. The molecule has 23 heavy (non-hydrogen) atoms. The Morgan fingerprint density at radius 3 is 1.96 bits per heavy atom. The van der Waals surface area contributed by atoms with Gasteiger partial charge >= 0.3 is 0 Å². The molecular weight excluding hydrogens is 316 g/mol. The van der Waals surface area contributed by atoms with Gasteiger partial charge in [0.2, 0.25) is 0 Å². The number of aliphatic hydroxyl groups excluding tert-OH is 6. The van der Waals surface area contributed by atoms with E-state index in [1.807, 2.05) is 0 Å². The SMILES string of the molecule is N[C@H]1[C@H](O[C@H]2[C@H](O)[C@H](N)[C@H](O)O[C@@H]2CO)O[C@H](CO)[C@H](O)[C@@H]1O. The van der Waals surface area contributed by atoms with Gasteiger partial charge in [-0.3, -0.25) is 0 Å². The van der Waals surface area contributed by atoms with Crippen LogP contribution in [0.5, 0.6) is 0 Å². The minimum Gasteiger partial charge on any atom is -0.394 e. The molecule has 0 aromatic carbocycles. The maximum absolute atomic E-state index is 10.1. The fraction of sp³-hybridized carbons (Fsp3) is 1.00. The maximum Gasteiger partial charge on any atom is 0.176 e. The molecule has 0 spiro atoms. The summed E-state index contributed by atoms with van der Waals surface area (Å²) in [5.74, 6) is 0. The Morgan fingerprint density at radius 1 is 0.783 bits per heavy atom. The number of rotatable bonds is 4. The summed E-state index contributed by atoms with van der Waals surface area (Å²) < 4.78 is 15.8. The minimum atomic E-state index is -1.49.